The fourth-order valence-electron chi connectivity index (χ4n) is 8.41. The molecule has 0 aliphatic carbocycles. The maximum absolute atomic E-state index is 13.5. The number of anilines is 1. The lowest BCUT2D eigenvalue weighted by molar-refractivity contribution is -0.0926. The van der Waals surface area contributed by atoms with Crippen molar-refractivity contribution in [1.29, 1.82) is 5.26 Å². The molecule has 2 aromatic heterocycles. The van der Waals surface area contributed by atoms with Crippen LogP contribution in [0.25, 0.3) is 11.2 Å². The molecule has 1 N–H and O–H groups in total. The molecule has 0 spiro atoms. The number of carbonyl (C=O) groups excluding carboxylic acids is 1. The minimum Gasteiger partial charge on any atom is -0.497 e. The monoisotopic (exact) mass is 987 g/mol. The Hall–Kier alpha value is -5.60. The van der Waals surface area contributed by atoms with Crippen LogP contribution < -0.4 is 14.8 Å². The average molecular weight is 988 g/mol. The summed E-state index contributed by atoms with van der Waals surface area (Å²) in [6.45, 7) is 19.6. The molecule has 1 aliphatic heterocycles. The van der Waals surface area contributed by atoms with E-state index >= 15 is 0 Å². The molecule has 1 saturated heterocycles. The molecular weight excluding hydrogens is 922 g/mol. The molecule has 1 unspecified atom stereocenters. The number of imidazole rings is 1. The van der Waals surface area contributed by atoms with E-state index in [0.717, 1.165) is 16.7 Å². The SMILES string of the molecule is COc1ccc(C(OC[C@@H]2O[C@@H](n3cnc4c(NC(=O)c5ccccc5)ncnc43)[C@@H](O[Si](C)(C)C(C)(C)C)[C@H]2OP(OCCC#N)N(C(C)C)C(C)C)(c2ccccc2)c2ccc(OC)cc2)cc1. The van der Waals surface area contributed by atoms with Gasteiger partial charge in [-0.05, 0) is 98.9 Å². The van der Waals surface area contributed by atoms with E-state index in [9.17, 15) is 10.1 Å². The van der Waals surface area contributed by atoms with Gasteiger partial charge in [-0.3, -0.25) is 9.36 Å². The summed E-state index contributed by atoms with van der Waals surface area (Å²) >= 11 is 0. The van der Waals surface area contributed by atoms with E-state index in [1.165, 1.54) is 6.33 Å². The fraction of sp³-hybridized carbons (Fsp3) is 0.415. The van der Waals surface area contributed by atoms with Crippen molar-refractivity contribution in [3.63, 3.8) is 0 Å². The number of amides is 1. The summed E-state index contributed by atoms with van der Waals surface area (Å²) in [5, 5.41) is 12.4. The second-order valence-corrected chi connectivity index (χ2v) is 25.4. The van der Waals surface area contributed by atoms with Gasteiger partial charge >= 0.3 is 0 Å². The van der Waals surface area contributed by atoms with Crippen molar-refractivity contribution in [2.24, 2.45) is 0 Å². The van der Waals surface area contributed by atoms with Gasteiger partial charge in [-0.15, -0.1) is 0 Å². The van der Waals surface area contributed by atoms with Gasteiger partial charge in [0.05, 0.1) is 46.3 Å². The van der Waals surface area contributed by atoms with Gasteiger partial charge < -0.3 is 37.7 Å². The van der Waals surface area contributed by atoms with Crippen LogP contribution in [0.15, 0.2) is 122 Å². The van der Waals surface area contributed by atoms with Gasteiger partial charge in [0.15, 0.2) is 31.5 Å². The largest absolute Gasteiger partial charge is 0.497 e. The van der Waals surface area contributed by atoms with Crippen molar-refractivity contribution in [2.45, 2.75) is 115 Å². The minimum atomic E-state index is -2.66. The molecule has 0 saturated carbocycles. The van der Waals surface area contributed by atoms with Crippen LogP contribution in [0.1, 0.15) is 88.2 Å². The highest BCUT2D eigenvalue weighted by molar-refractivity contribution is 7.44. The van der Waals surface area contributed by atoms with Crippen LogP contribution in [0.3, 0.4) is 0 Å². The van der Waals surface area contributed by atoms with Crippen molar-refractivity contribution >= 4 is 39.7 Å². The van der Waals surface area contributed by atoms with Gasteiger partial charge in [-0.1, -0.05) is 93.6 Å². The normalized spacial score (nSPS) is 18.1. The molecule has 15 nitrogen and oxygen atoms in total. The highest BCUT2D eigenvalue weighted by Gasteiger charge is 2.54. The topological polar surface area (TPSA) is 164 Å². The summed E-state index contributed by atoms with van der Waals surface area (Å²) in [7, 11) is -1.19. The zero-order valence-corrected chi connectivity index (χ0v) is 43.9. The third kappa shape index (κ3) is 11.3. The average Bonchev–Trinajstić information content (AvgIpc) is 3.93. The highest BCUT2D eigenvalue weighted by atomic mass is 31.2. The lowest BCUT2D eigenvalue weighted by atomic mass is 9.80. The third-order valence-electron chi connectivity index (χ3n) is 12.9. The predicted octanol–water partition coefficient (Wildman–Crippen LogP) is 11.1. The number of hydrogen-bond acceptors (Lipinski definition) is 13. The fourth-order valence-corrected chi connectivity index (χ4v) is 11.5. The molecule has 1 fully saturated rings. The standard InChI is InChI=1S/C53H66N7O8PSi/c1-36(2)60(37(3)4)69(65-32-18-31-54)67-46-44(33-64-53(39-21-16-13-17-22-39,40-23-27-42(62-8)28-24-40)41-25-29-43(63-9)30-26-41)66-51(47(46)68-70(10,11)52(5,6)7)59-35-57-45-48(55-34-56-49(45)59)58-50(61)38-19-14-12-15-20-38/h12-17,19-30,34-37,44,46-47,51H,18,32-33H2,1-11H3,(H,55,56,58,61)/t44-,46-,47-,51+,69?/m0/s1. The summed E-state index contributed by atoms with van der Waals surface area (Å²) in [6, 6.07) is 37.0. The first-order chi connectivity index (χ1) is 33.5. The number of carbonyl (C=O) groups is 1. The zero-order chi connectivity index (χ0) is 50.2. The van der Waals surface area contributed by atoms with Crippen LogP contribution in [0.2, 0.25) is 18.1 Å². The van der Waals surface area contributed by atoms with Crippen LogP contribution in [0, 0.1) is 11.3 Å². The van der Waals surface area contributed by atoms with E-state index in [1.807, 2.05) is 77.4 Å². The molecule has 3 heterocycles. The first-order valence-corrected chi connectivity index (χ1v) is 27.7. The van der Waals surface area contributed by atoms with Crippen LogP contribution in [0.4, 0.5) is 5.82 Å². The van der Waals surface area contributed by atoms with Crippen LogP contribution in [-0.2, 0) is 28.5 Å². The van der Waals surface area contributed by atoms with Gasteiger partial charge in [0, 0.05) is 17.6 Å². The van der Waals surface area contributed by atoms with Crippen molar-refractivity contribution in [3.8, 4) is 17.6 Å². The van der Waals surface area contributed by atoms with Crippen LogP contribution in [0.5, 0.6) is 11.5 Å². The Morgan fingerprint density at radius 3 is 1.94 bits per heavy atom. The number of hydrogen-bond donors (Lipinski definition) is 1. The summed E-state index contributed by atoms with van der Waals surface area (Å²) < 4.78 is 51.8. The number of nitrogens with one attached hydrogen (secondary N) is 1. The van der Waals surface area contributed by atoms with E-state index in [2.05, 4.69) is 94.7 Å². The van der Waals surface area contributed by atoms with Gasteiger partial charge in [-0.2, -0.15) is 5.26 Å². The minimum absolute atomic E-state index is 0.00377. The van der Waals surface area contributed by atoms with E-state index in [1.54, 1.807) is 44.8 Å². The first kappa shape index (κ1) is 52.2. The Balaban J connectivity index is 1.41. The number of rotatable bonds is 21. The number of nitrogens with zero attached hydrogens (tertiary/aromatic N) is 6. The molecule has 1 amide bonds. The second-order valence-electron chi connectivity index (χ2n) is 19.2. The van der Waals surface area contributed by atoms with E-state index in [-0.39, 0.29) is 48.5 Å². The van der Waals surface area contributed by atoms with Crippen LogP contribution >= 0.6 is 8.53 Å². The Morgan fingerprint density at radius 1 is 0.829 bits per heavy atom. The van der Waals surface area contributed by atoms with Gasteiger partial charge in [0.25, 0.3) is 14.4 Å². The Morgan fingerprint density at radius 2 is 1.40 bits per heavy atom. The molecule has 70 heavy (non-hydrogen) atoms. The molecule has 17 heteroatoms. The Bertz CT molecular complexity index is 2620. The van der Waals surface area contributed by atoms with E-state index in [0.29, 0.717) is 28.2 Å². The summed E-state index contributed by atoms with van der Waals surface area (Å²) in [5.74, 6) is 1.31. The predicted molar refractivity (Wildman–Crippen MR) is 274 cm³/mol. The lowest BCUT2D eigenvalue weighted by Gasteiger charge is -2.42. The van der Waals surface area contributed by atoms with Crippen molar-refractivity contribution < 1.29 is 37.2 Å². The van der Waals surface area contributed by atoms with Crippen molar-refractivity contribution in [2.75, 3.05) is 32.8 Å². The quantitative estimate of drug-likeness (QED) is 0.0314. The molecule has 0 radical (unpaired) electrons. The number of benzene rings is 4. The van der Waals surface area contributed by atoms with Crippen molar-refractivity contribution in [3.05, 3.63) is 144 Å². The third-order valence-corrected chi connectivity index (χ3v) is 19.5. The molecule has 370 valence electrons. The highest BCUT2D eigenvalue weighted by Crippen LogP contribution is 2.53. The number of aromatic nitrogens is 4. The smallest absolute Gasteiger partial charge is 0.259 e. The van der Waals surface area contributed by atoms with E-state index < -0.39 is 47.0 Å². The lowest BCUT2D eigenvalue weighted by Crippen LogP contribution is -2.50. The van der Waals surface area contributed by atoms with Gasteiger partial charge in [-0.25, -0.2) is 19.6 Å². The number of fused-ring (bicyclic) bond motifs is 1. The maximum atomic E-state index is 13.5. The molecular formula is C53H66N7O8PSi. The number of ether oxygens (including phenoxy) is 4. The summed E-state index contributed by atoms with van der Waals surface area (Å²) in [4.78, 5) is 27.5. The molecule has 4 aromatic carbocycles. The summed E-state index contributed by atoms with van der Waals surface area (Å²) in [6.07, 6.45) is -0.0410. The molecule has 6 aromatic rings. The maximum Gasteiger partial charge on any atom is 0.259 e. The number of methoxy groups -OCH3 is 2. The van der Waals surface area contributed by atoms with E-state index in [4.69, 9.17) is 42.4 Å². The van der Waals surface area contributed by atoms with Crippen LogP contribution in [-0.4, -0.2) is 96.2 Å². The second kappa shape index (κ2) is 22.6. The zero-order valence-electron chi connectivity index (χ0n) is 42.0. The van der Waals surface area contributed by atoms with Crippen molar-refractivity contribution in [1.82, 2.24) is 24.2 Å². The molecule has 1 aliphatic rings. The Kier molecular flexibility index (Phi) is 16.9. The molecule has 0 bridgehead atoms. The Labute approximate surface area is 414 Å². The van der Waals surface area contributed by atoms with Gasteiger partial charge in [0.1, 0.15) is 41.7 Å². The summed E-state index contributed by atoms with van der Waals surface area (Å²) in [5.41, 5.74) is 2.64. The first-order valence-electron chi connectivity index (χ1n) is 23.6. The molecule has 7 rings (SSSR count). The van der Waals surface area contributed by atoms with Gasteiger partial charge in [0.2, 0.25) is 0 Å². The molecule has 5 atom stereocenters. The number of nitriles is 1.